The molecule has 1 unspecified atom stereocenters. The summed E-state index contributed by atoms with van der Waals surface area (Å²) in [7, 11) is 0. The molecule has 0 heterocycles. The molecule has 0 aliphatic carbocycles. The lowest BCUT2D eigenvalue weighted by molar-refractivity contribution is 0.556. The highest BCUT2D eigenvalue weighted by molar-refractivity contribution is 5.81. The van der Waals surface area contributed by atoms with Crippen LogP contribution < -0.4 is 5.43 Å². The van der Waals surface area contributed by atoms with E-state index in [0.717, 1.165) is 12.8 Å². The molecule has 1 N–H and O–H groups in total. The molecule has 0 bridgehead atoms. The van der Waals surface area contributed by atoms with Gasteiger partial charge in [-0.25, -0.2) is 0 Å². The fourth-order valence-electron chi connectivity index (χ4n) is 0.391. The molecule has 60 valence electrons. The summed E-state index contributed by atoms with van der Waals surface area (Å²) < 4.78 is 0. The molecule has 0 spiro atoms. The molecule has 2 heteroatoms. The van der Waals surface area contributed by atoms with Crippen molar-refractivity contribution in [2.45, 2.75) is 46.6 Å². The van der Waals surface area contributed by atoms with Gasteiger partial charge >= 0.3 is 0 Å². The van der Waals surface area contributed by atoms with Gasteiger partial charge in [0.15, 0.2) is 0 Å². The first-order valence-corrected chi connectivity index (χ1v) is 3.99. The number of hydrogen-bond acceptors (Lipinski definition) is 2. The largest absolute Gasteiger partial charge is 0.307 e. The maximum Gasteiger partial charge on any atom is 0.0409 e. The van der Waals surface area contributed by atoms with Crippen molar-refractivity contribution in [1.82, 2.24) is 5.43 Å². The van der Waals surface area contributed by atoms with Crippen molar-refractivity contribution >= 4 is 5.71 Å². The zero-order valence-corrected chi connectivity index (χ0v) is 7.44. The Morgan fingerprint density at radius 2 is 2.10 bits per heavy atom. The van der Waals surface area contributed by atoms with E-state index in [-0.39, 0.29) is 0 Å². The monoisotopic (exact) mass is 142 g/mol. The van der Waals surface area contributed by atoms with Crippen LogP contribution in [0.15, 0.2) is 5.10 Å². The predicted octanol–water partition coefficient (Wildman–Crippen LogP) is 2.16. The maximum absolute atomic E-state index is 4.18. The number of nitrogens with one attached hydrogen (secondary N) is 1. The minimum absolute atomic E-state index is 0.501. The van der Waals surface area contributed by atoms with E-state index in [1.54, 1.807) is 0 Å². The van der Waals surface area contributed by atoms with E-state index >= 15 is 0 Å². The van der Waals surface area contributed by atoms with Gasteiger partial charge in [0.05, 0.1) is 0 Å². The summed E-state index contributed by atoms with van der Waals surface area (Å²) in [6.07, 6.45) is 2.16. The highest BCUT2D eigenvalue weighted by Gasteiger charge is 1.92. The second-order valence-electron chi connectivity index (χ2n) is 2.64. The highest BCUT2D eigenvalue weighted by Crippen LogP contribution is 1.88. The third-order valence-corrected chi connectivity index (χ3v) is 1.60. The van der Waals surface area contributed by atoms with Crippen molar-refractivity contribution in [2.75, 3.05) is 0 Å². The van der Waals surface area contributed by atoms with Crippen molar-refractivity contribution < 1.29 is 0 Å². The summed E-state index contributed by atoms with van der Waals surface area (Å²) in [5, 5.41) is 4.18. The lowest BCUT2D eigenvalue weighted by atomic mass is 10.3. The predicted molar refractivity (Wildman–Crippen MR) is 46.3 cm³/mol. The molecule has 0 amide bonds. The van der Waals surface area contributed by atoms with Gasteiger partial charge in [0.2, 0.25) is 0 Å². The van der Waals surface area contributed by atoms with Gasteiger partial charge < -0.3 is 5.43 Å². The molecular formula is C8H18N2. The van der Waals surface area contributed by atoms with Crippen LogP contribution in [0.4, 0.5) is 0 Å². The van der Waals surface area contributed by atoms with Crippen molar-refractivity contribution in [2.24, 2.45) is 5.10 Å². The first-order chi connectivity index (χ1) is 4.70. The van der Waals surface area contributed by atoms with Crippen molar-refractivity contribution in [1.29, 1.82) is 0 Å². The molecular weight excluding hydrogens is 124 g/mol. The van der Waals surface area contributed by atoms with E-state index in [0.29, 0.717) is 6.04 Å². The normalized spacial score (nSPS) is 15.0. The Morgan fingerprint density at radius 1 is 1.50 bits per heavy atom. The van der Waals surface area contributed by atoms with E-state index in [1.165, 1.54) is 5.71 Å². The van der Waals surface area contributed by atoms with Gasteiger partial charge in [-0.1, -0.05) is 13.8 Å². The second kappa shape index (κ2) is 5.27. The summed E-state index contributed by atoms with van der Waals surface area (Å²) in [5.41, 5.74) is 4.24. The van der Waals surface area contributed by atoms with Gasteiger partial charge in [0.1, 0.15) is 0 Å². The Labute approximate surface area is 63.7 Å². The molecule has 0 aromatic heterocycles. The van der Waals surface area contributed by atoms with Crippen LogP contribution in [0, 0.1) is 0 Å². The Hall–Kier alpha value is -0.530. The number of rotatable bonds is 4. The molecule has 0 aromatic rings. The smallest absolute Gasteiger partial charge is 0.0409 e. The fourth-order valence-corrected chi connectivity index (χ4v) is 0.391. The average Bonchev–Trinajstić information content (AvgIpc) is 1.99. The van der Waals surface area contributed by atoms with Crippen LogP contribution in [0.1, 0.15) is 40.5 Å². The molecule has 2 nitrogen and oxygen atoms in total. The Bertz CT molecular complexity index is 108. The third kappa shape index (κ3) is 4.36. The summed E-state index contributed by atoms with van der Waals surface area (Å²) >= 11 is 0. The lowest BCUT2D eigenvalue weighted by Crippen LogP contribution is -2.20. The second-order valence-corrected chi connectivity index (χ2v) is 2.64. The average molecular weight is 142 g/mol. The fraction of sp³-hybridized carbons (Fsp3) is 0.875. The lowest BCUT2D eigenvalue weighted by Gasteiger charge is -2.07. The Kier molecular flexibility index (Phi) is 4.99. The first kappa shape index (κ1) is 9.47. The molecule has 0 radical (unpaired) electrons. The summed E-state index contributed by atoms with van der Waals surface area (Å²) in [5.74, 6) is 0. The SMILES string of the molecule is CC/C(C)=N/NC(C)CC. The maximum atomic E-state index is 4.18. The number of hydrazone groups is 1. The van der Waals surface area contributed by atoms with Gasteiger partial charge in [-0.05, 0) is 26.7 Å². The molecule has 0 saturated carbocycles. The van der Waals surface area contributed by atoms with Gasteiger partial charge in [-0.15, -0.1) is 0 Å². The van der Waals surface area contributed by atoms with E-state index in [2.05, 4.69) is 31.3 Å². The van der Waals surface area contributed by atoms with Crippen molar-refractivity contribution in [3.05, 3.63) is 0 Å². The Morgan fingerprint density at radius 3 is 2.50 bits per heavy atom. The molecule has 0 fully saturated rings. The van der Waals surface area contributed by atoms with Crippen molar-refractivity contribution in [3.63, 3.8) is 0 Å². The first-order valence-electron chi connectivity index (χ1n) is 3.99. The van der Waals surface area contributed by atoms with E-state index in [4.69, 9.17) is 0 Å². The summed E-state index contributed by atoms with van der Waals surface area (Å²) in [6.45, 7) is 8.42. The van der Waals surface area contributed by atoms with E-state index in [1.807, 2.05) is 6.92 Å². The van der Waals surface area contributed by atoms with E-state index < -0.39 is 0 Å². The van der Waals surface area contributed by atoms with Crippen LogP contribution in [0.25, 0.3) is 0 Å². The van der Waals surface area contributed by atoms with Crippen LogP contribution in [0.3, 0.4) is 0 Å². The molecule has 0 aromatic carbocycles. The highest BCUT2D eigenvalue weighted by atomic mass is 15.3. The van der Waals surface area contributed by atoms with Crippen LogP contribution in [-0.2, 0) is 0 Å². The van der Waals surface area contributed by atoms with Crippen LogP contribution >= 0.6 is 0 Å². The minimum atomic E-state index is 0.501. The number of hydrogen-bond donors (Lipinski definition) is 1. The van der Waals surface area contributed by atoms with E-state index in [9.17, 15) is 0 Å². The minimum Gasteiger partial charge on any atom is -0.307 e. The standard InChI is InChI=1S/C8H18N2/c1-5-7(3)9-10-8(4)6-2/h7,9H,5-6H2,1-4H3/b10-8+. The van der Waals surface area contributed by atoms with Gasteiger partial charge in [0.25, 0.3) is 0 Å². The van der Waals surface area contributed by atoms with Gasteiger partial charge in [0, 0.05) is 11.8 Å². The zero-order chi connectivity index (χ0) is 7.98. The summed E-state index contributed by atoms with van der Waals surface area (Å²) in [6, 6.07) is 0.501. The van der Waals surface area contributed by atoms with Crippen LogP contribution in [0.2, 0.25) is 0 Å². The quantitative estimate of drug-likeness (QED) is 0.472. The van der Waals surface area contributed by atoms with Crippen LogP contribution in [0.5, 0.6) is 0 Å². The number of nitrogens with zero attached hydrogens (tertiary/aromatic N) is 1. The molecule has 0 aliphatic heterocycles. The van der Waals surface area contributed by atoms with Crippen molar-refractivity contribution in [3.8, 4) is 0 Å². The zero-order valence-electron chi connectivity index (χ0n) is 7.44. The van der Waals surface area contributed by atoms with Crippen LogP contribution in [-0.4, -0.2) is 11.8 Å². The molecule has 10 heavy (non-hydrogen) atoms. The molecule has 0 rings (SSSR count). The molecule has 1 atom stereocenters. The third-order valence-electron chi connectivity index (χ3n) is 1.60. The summed E-state index contributed by atoms with van der Waals surface area (Å²) in [4.78, 5) is 0. The Balaban J connectivity index is 3.50. The van der Waals surface area contributed by atoms with Gasteiger partial charge in [-0.2, -0.15) is 5.10 Å². The van der Waals surface area contributed by atoms with Gasteiger partial charge in [-0.3, -0.25) is 0 Å². The molecule has 0 saturated heterocycles. The topological polar surface area (TPSA) is 24.4 Å². The molecule has 0 aliphatic rings.